The van der Waals surface area contributed by atoms with Crippen LogP contribution in [0.3, 0.4) is 0 Å². The number of hydrogen-bond acceptors (Lipinski definition) is 3. The highest BCUT2D eigenvalue weighted by Gasteiger charge is 2.03. The Labute approximate surface area is 113 Å². The summed E-state index contributed by atoms with van der Waals surface area (Å²) in [6, 6.07) is 12.5. The molecule has 0 bridgehead atoms. The Hall–Kier alpha value is -1.35. The van der Waals surface area contributed by atoms with Gasteiger partial charge < -0.3 is 9.73 Å². The second-order valence-corrected chi connectivity index (χ2v) is 5.03. The van der Waals surface area contributed by atoms with Crippen LogP contribution in [0.25, 0.3) is 0 Å². The molecule has 1 N–H and O–H groups in total. The summed E-state index contributed by atoms with van der Waals surface area (Å²) >= 11 is 1.77. The van der Waals surface area contributed by atoms with Crippen molar-refractivity contribution >= 4 is 17.4 Å². The molecule has 1 heterocycles. The minimum atomic E-state index is 0.741. The summed E-state index contributed by atoms with van der Waals surface area (Å²) in [4.78, 5) is 0. The van der Waals surface area contributed by atoms with Crippen LogP contribution in [-0.2, 0) is 18.7 Å². The van der Waals surface area contributed by atoms with Gasteiger partial charge in [-0.2, -0.15) is 11.8 Å². The lowest BCUT2D eigenvalue weighted by atomic mass is 10.1. The number of hydrogen-bond donors (Lipinski definition) is 1. The molecule has 0 radical (unpaired) electrons. The van der Waals surface area contributed by atoms with Crippen LogP contribution in [0.1, 0.15) is 24.0 Å². The van der Waals surface area contributed by atoms with Crippen LogP contribution in [0, 0.1) is 0 Å². The van der Waals surface area contributed by atoms with E-state index in [0.717, 1.165) is 30.2 Å². The zero-order valence-electron chi connectivity index (χ0n) is 10.9. The van der Waals surface area contributed by atoms with E-state index in [4.69, 9.17) is 4.42 Å². The minimum Gasteiger partial charge on any atom is -0.463 e. The fourth-order valence-electron chi connectivity index (χ4n) is 1.92. The predicted octanol–water partition coefficient (Wildman–Crippen LogP) is 4.32. The highest BCUT2D eigenvalue weighted by Crippen LogP contribution is 2.18. The molecule has 3 heteroatoms. The largest absolute Gasteiger partial charge is 0.463 e. The van der Waals surface area contributed by atoms with Gasteiger partial charge in [0.2, 0.25) is 0 Å². The molecule has 96 valence electrons. The topological polar surface area (TPSA) is 25.2 Å². The van der Waals surface area contributed by atoms with Gasteiger partial charge in [-0.05, 0) is 36.4 Å². The van der Waals surface area contributed by atoms with Gasteiger partial charge in [0, 0.05) is 5.69 Å². The van der Waals surface area contributed by atoms with Gasteiger partial charge in [0.15, 0.2) is 0 Å². The lowest BCUT2D eigenvalue weighted by Gasteiger charge is -2.09. The van der Waals surface area contributed by atoms with Gasteiger partial charge in [-0.15, -0.1) is 0 Å². The van der Waals surface area contributed by atoms with Crippen molar-refractivity contribution in [3.63, 3.8) is 0 Å². The van der Waals surface area contributed by atoms with Crippen LogP contribution in [0.4, 0.5) is 5.69 Å². The number of para-hydroxylation sites is 1. The monoisotopic (exact) mass is 261 g/mol. The average Bonchev–Trinajstić information content (AvgIpc) is 2.85. The molecule has 0 spiro atoms. The summed E-state index contributed by atoms with van der Waals surface area (Å²) in [6.07, 6.45) is 3.12. The Kier molecular flexibility index (Phi) is 4.76. The summed E-state index contributed by atoms with van der Waals surface area (Å²) < 4.78 is 5.74. The maximum absolute atomic E-state index is 5.74. The summed E-state index contributed by atoms with van der Waals surface area (Å²) in [5.74, 6) is 2.97. The number of anilines is 1. The van der Waals surface area contributed by atoms with Crippen LogP contribution < -0.4 is 5.32 Å². The van der Waals surface area contributed by atoms with Gasteiger partial charge in [0.25, 0.3) is 0 Å². The van der Waals surface area contributed by atoms with E-state index in [0.29, 0.717) is 0 Å². The molecule has 0 aliphatic carbocycles. The van der Waals surface area contributed by atoms with E-state index in [1.807, 2.05) is 6.07 Å². The van der Waals surface area contributed by atoms with E-state index < -0.39 is 0 Å². The van der Waals surface area contributed by atoms with E-state index >= 15 is 0 Å². The van der Waals surface area contributed by atoms with Gasteiger partial charge >= 0.3 is 0 Å². The molecule has 0 saturated heterocycles. The molecular formula is C15H19NOS. The summed E-state index contributed by atoms with van der Waals surface area (Å²) in [7, 11) is 0. The van der Waals surface area contributed by atoms with Gasteiger partial charge in [-0.1, -0.05) is 25.1 Å². The van der Waals surface area contributed by atoms with Crippen molar-refractivity contribution in [3.8, 4) is 0 Å². The van der Waals surface area contributed by atoms with E-state index in [-0.39, 0.29) is 0 Å². The molecule has 18 heavy (non-hydrogen) atoms. The van der Waals surface area contributed by atoms with Gasteiger partial charge in [0.05, 0.1) is 12.3 Å². The fraction of sp³-hybridized carbons (Fsp3) is 0.333. The first kappa shape index (κ1) is 13.1. The molecule has 0 amide bonds. The van der Waals surface area contributed by atoms with Crippen molar-refractivity contribution in [1.82, 2.24) is 0 Å². The molecule has 2 rings (SSSR count). The van der Waals surface area contributed by atoms with Crippen molar-refractivity contribution in [2.45, 2.75) is 25.6 Å². The predicted molar refractivity (Wildman–Crippen MR) is 79.1 cm³/mol. The minimum absolute atomic E-state index is 0.741. The van der Waals surface area contributed by atoms with E-state index in [9.17, 15) is 0 Å². The normalized spacial score (nSPS) is 10.6. The van der Waals surface area contributed by atoms with Crippen LogP contribution in [0.5, 0.6) is 0 Å². The third kappa shape index (κ3) is 3.33. The number of nitrogens with one attached hydrogen (secondary N) is 1. The standard InChI is InChI=1S/C15H19NOS/c1-3-12-6-4-5-7-15(12)16-10-13-8-9-14(17-13)11-18-2/h4-9,16H,3,10-11H2,1-2H3. The quantitative estimate of drug-likeness (QED) is 0.838. The lowest BCUT2D eigenvalue weighted by molar-refractivity contribution is 0.487. The molecule has 0 aliphatic heterocycles. The average molecular weight is 261 g/mol. The molecule has 2 aromatic rings. The first-order valence-electron chi connectivity index (χ1n) is 6.21. The Balaban J connectivity index is 1.97. The van der Waals surface area contributed by atoms with Crippen LogP contribution in [0.2, 0.25) is 0 Å². The highest BCUT2D eigenvalue weighted by molar-refractivity contribution is 7.97. The maximum Gasteiger partial charge on any atom is 0.123 e. The summed E-state index contributed by atoms with van der Waals surface area (Å²) in [6.45, 7) is 2.91. The molecule has 0 fully saturated rings. The van der Waals surface area contributed by atoms with Crippen molar-refractivity contribution < 1.29 is 4.42 Å². The smallest absolute Gasteiger partial charge is 0.123 e. The first-order valence-corrected chi connectivity index (χ1v) is 7.61. The Morgan fingerprint density at radius 1 is 1.11 bits per heavy atom. The highest BCUT2D eigenvalue weighted by atomic mass is 32.2. The van der Waals surface area contributed by atoms with Crippen LogP contribution in [-0.4, -0.2) is 6.26 Å². The van der Waals surface area contributed by atoms with Gasteiger partial charge in [0.1, 0.15) is 11.5 Å². The van der Waals surface area contributed by atoms with Gasteiger partial charge in [-0.25, -0.2) is 0 Å². The number of thioether (sulfide) groups is 1. The Bertz CT molecular complexity index is 493. The summed E-state index contributed by atoms with van der Waals surface area (Å²) in [5.41, 5.74) is 2.54. The molecule has 0 aliphatic rings. The van der Waals surface area contributed by atoms with Crippen LogP contribution >= 0.6 is 11.8 Å². The number of benzene rings is 1. The van der Waals surface area contributed by atoms with Crippen molar-refractivity contribution in [1.29, 1.82) is 0 Å². The third-order valence-corrected chi connectivity index (χ3v) is 3.43. The van der Waals surface area contributed by atoms with Crippen molar-refractivity contribution in [3.05, 3.63) is 53.5 Å². The zero-order valence-corrected chi connectivity index (χ0v) is 11.7. The molecule has 0 unspecified atom stereocenters. The molecular weight excluding hydrogens is 242 g/mol. The first-order chi connectivity index (χ1) is 8.83. The molecule has 0 atom stereocenters. The van der Waals surface area contributed by atoms with Crippen LogP contribution in [0.15, 0.2) is 40.8 Å². The number of aryl methyl sites for hydroxylation is 1. The molecule has 2 nitrogen and oxygen atoms in total. The molecule has 1 aromatic heterocycles. The fourth-order valence-corrected chi connectivity index (χ4v) is 2.36. The maximum atomic E-state index is 5.74. The second kappa shape index (κ2) is 6.55. The SMILES string of the molecule is CCc1ccccc1NCc1ccc(CSC)o1. The Morgan fingerprint density at radius 2 is 1.89 bits per heavy atom. The lowest BCUT2D eigenvalue weighted by Crippen LogP contribution is -2.00. The molecule has 0 saturated carbocycles. The van der Waals surface area contributed by atoms with E-state index in [2.05, 4.69) is 48.8 Å². The van der Waals surface area contributed by atoms with E-state index in [1.165, 1.54) is 11.3 Å². The second-order valence-electron chi connectivity index (χ2n) is 4.17. The number of furan rings is 1. The number of rotatable bonds is 6. The van der Waals surface area contributed by atoms with Crippen molar-refractivity contribution in [2.75, 3.05) is 11.6 Å². The van der Waals surface area contributed by atoms with E-state index in [1.54, 1.807) is 11.8 Å². The summed E-state index contributed by atoms with van der Waals surface area (Å²) in [5, 5.41) is 3.44. The zero-order chi connectivity index (χ0) is 12.8. The van der Waals surface area contributed by atoms with Gasteiger partial charge in [-0.3, -0.25) is 0 Å². The molecule has 1 aromatic carbocycles. The van der Waals surface area contributed by atoms with Crippen molar-refractivity contribution in [2.24, 2.45) is 0 Å². The Morgan fingerprint density at radius 3 is 2.67 bits per heavy atom. The third-order valence-electron chi connectivity index (χ3n) is 2.86.